The number of rotatable bonds is 2. The Morgan fingerprint density at radius 1 is 1.47 bits per heavy atom. The van der Waals surface area contributed by atoms with Crippen molar-refractivity contribution in [1.29, 1.82) is 0 Å². The maximum Gasteiger partial charge on any atom is 0.255 e. The summed E-state index contributed by atoms with van der Waals surface area (Å²) in [5.41, 5.74) is 7.42. The summed E-state index contributed by atoms with van der Waals surface area (Å²) in [5, 5.41) is 3.48. The highest BCUT2D eigenvalue weighted by molar-refractivity contribution is 6.67. The second-order valence-corrected chi connectivity index (χ2v) is 3.39. The van der Waals surface area contributed by atoms with Gasteiger partial charge in [0.05, 0.1) is 17.4 Å². The van der Waals surface area contributed by atoms with Crippen molar-refractivity contribution in [3.8, 4) is 5.69 Å². The molecule has 0 spiro atoms. The highest BCUT2D eigenvalue weighted by Gasteiger charge is 2.05. The highest BCUT2D eigenvalue weighted by Crippen LogP contribution is 2.12. The molecule has 0 radical (unpaired) electrons. The maximum absolute atomic E-state index is 10.8. The Labute approximate surface area is 91.3 Å². The second kappa shape index (κ2) is 3.74. The van der Waals surface area contributed by atoms with Gasteiger partial charge in [-0.1, -0.05) is 6.07 Å². The molecule has 2 aromatic rings. The molecule has 0 aliphatic carbocycles. The molecule has 4 nitrogen and oxygen atoms in total. The Bertz CT molecular complexity index is 507. The van der Waals surface area contributed by atoms with Crippen LogP contribution < -0.4 is 5.73 Å². The standard InChI is InChI=1S/C10H8ClN3O/c11-10(15)7-5-13-14(6-7)9-3-1-2-8(12)4-9/h1-6H,12H2. The minimum Gasteiger partial charge on any atom is -0.399 e. The monoisotopic (exact) mass is 221 g/mol. The molecule has 0 aliphatic heterocycles. The van der Waals surface area contributed by atoms with Gasteiger partial charge in [-0.05, 0) is 29.8 Å². The highest BCUT2D eigenvalue weighted by atomic mass is 35.5. The third-order valence-electron chi connectivity index (χ3n) is 1.94. The first-order chi connectivity index (χ1) is 7.16. The van der Waals surface area contributed by atoms with E-state index in [1.165, 1.54) is 6.20 Å². The molecular formula is C10H8ClN3O. The normalized spacial score (nSPS) is 10.2. The summed E-state index contributed by atoms with van der Waals surface area (Å²) in [4.78, 5) is 10.8. The minimum absolute atomic E-state index is 0.360. The van der Waals surface area contributed by atoms with Crippen molar-refractivity contribution in [3.63, 3.8) is 0 Å². The molecule has 5 heteroatoms. The van der Waals surface area contributed by atoms with Gasteiger partial charge >= 0.3 is 0 Å². The van der Waals surface area contributed by atoms with Crippen LogP contribution in [0.4, 0.5) is 5.69 Å². The molecule has 1 aromatic carbocycles. The predicted molar refractivity (Wildman–Crippen MR) is 58.2 cm³/mol. The Kier molecular flexibility index (Phi) is 2.43. The average molecular weight is 222 g/mol. The molecular weight excluding hydrogens is 214 g/mol. The summed E-state index contributed by atoms with van der Waals surface area (Å²) in [6.07, 6.45) is 2.97. The number of anilines is 1. The molecule has 1 aromatic heterocycles. The van der Waals surface area contributed by atoms with Crippen molar-refractivity contribution in [2.45, 2.75) is 0 Å². The van der Waals surface area contributed by atoms with Crippen LogP contribution >= 0.6 is 11.6 Å². The number of benzene rings is 1. The van der Waals surface area contributed by atoms with Crippen molar-refractivity contribution in [3.05, 3.63) is 42.2 Å². The molecule has 0 unspecified atom stereocenters. The topological polar surface area (TPSA) is 60.9 Å². The lowest BCUT2D eigenvalue weighted by Gasteiger charge is -2.01. The minimum atomic E-state index is -0.523. The fourth-order valence-electron chi connectivity index (χ4n) is 1.23. The molecule has 2 N–H and O–H groups in total. The average Bonchev–Trinajstić information content (AvgIpc) is 2.66. The van der Waals surface area contributed by atoms with Gasteiger partial charge in [0.15, 0.2) is 0 Å². The fourth-order valence-corrected chi connectivity index (χ4v) is 1.33. The first-order valence-corrected chi connectivity index (χ1v) is 4.65. The van der Waals surface area contributed by atoms with Crippen LogP contribution in [0.5, 0.6) is 0 Å². The van der Waals surface area contributed by atoms with Crippen LogP contribution in [-0.4, -0.2) is 15.0 Å². The first kappa shape index (κ1) is 9.73. The van der Waals surface area contributed by atoms with Crippen LogP contribution in [0.2, 0.25) is 0 Å². The van der Waals surface area contributed by atoms with Crippen LogP contribution in [0.15, 0.2) is 36.7 Å². The maximum atomic E-state index is 10.8. The zero-order chi connectivity index (χ0) is 10.8. The number of carbonyl (C=O) groups is 1. The summed E-state index contributed by atoms with van der Waals surface area (Å²) < 4.78 is 1.55. The summed E-state index contributed by atoms with van der Waals surface area (Å²) in [6, 6.07) is 7.19. The number of nitrogens with two attached hydrogens (primary N) is 1. The molecule has 1 heterocycles. The molecule has 0 fully saturated rings. The summed E-state index contributed by atoms with van der Waals surface area (Å²) >= 11 is 5.32. The van der Waals surface area contributed by atoms with Crippen LogP contribution in [0.1, 0.15) is 10.4 Å². The summed E-state index contributed by atoms with van der Waals surface area (Å²) in [5.74, 6) is 0. The number of aromatic nitrogens is 2. The third-order valence-corrected chi connectivity index (χ3v) is 2.16. The quantitative estimate of drug-likeness (QED) is 0.622. The van der Waals surface area contributed by atoms with Gasteiger partial charge in [0.2, 0.25) is 0 Å². The van der Waals surface area contributed by atoms with Gasteiger partial charge in [0.1, 0.15) is 0 Å². The zero-order valence-corrected chi connectivity index (χ0v) is 8.48. The molecule has 15 heavy (non-hydrogen) atoms. The third kappa shape index (κ3) is 1.99. The van der Waals surface area contributed by atoms with Gasteiger partial charge in [-0.25, -0.2) is 4.68 Å². The van der Waals surface area contributed by atoms with Gasteiger partial charge in [0.25, 0.3) is 5.24 Å². The first-order valence-electron chi connectivity index (χ1n) is 4.27. The fraction of sp³-hybridized carbons (Fsp3) is 0. The molecule has 0 saturated carbocycles. The zero-order valence-electron chi connectivity index (χ0n) is 7.72. The Morgan fingerprint density at radius 3 is 2.87 bits per heavy atom. The van der Waals surface area contributed by atoms with Gasteiger partial charge in [-0.15, -0.1) is 0 Å². The number of carbonyl (C=O) groups excluding carboxylic acids is 1. The van der Waals surface area contributed by atoms with E-state index in [4.69, 9.17) is 17.3 Å². The van der Waals surface area contributed by atoms with E-state index in [2.05, 4.69) is 5.10 Å². The van der Waals surface area contributed by atoms with E-state index in [1.807, 2.05) is 12.1 Å². The molecule has 0 atom stereocenters. The number of halogens is 1. The van der Waals surface area contributed by atoms with E-state index in [1.54, 1.807) is 23.0 Å². The van der Waals surface area contributed by atoms with Crippen molar-refractivity contribution < 1.29 is 4.79 Å². The van der Waals surface area contributed by atoms with Gasteiger partial charge in [-0.3, -0.25) is 4.79 Å². The van der Waals surface area contributed by atoms with Crippen LogP contribution in [0, 0.1) is 0 Å². The van der Waals surface area contributed by atoms with Crippen molar-refractivity contribution >= 4 is 22.5 Å². The smallest absolute Gasteiger partial charge is 0.255 e. The van der Waals surface area contributed by atoms with E-state index in [-0.39, 0.29) is 0 Å². The van der Waals surface area contributed by atoms with Gasteiger partial charge < -0.3 is 5.73 Å². The van der Waals surface area contributed by atoms with Crippen LogP contribution in [0.25, 0.3) is 5.69 Å². The Balaban J connectivity index is 2.41. The SMILES string of the molecule is Nc1cccc(-n2cc(C(=O)Cl)cn2)c1. The second-order valence-electron chi connectivity index (χ2n) is 3.04. The molecule has 76 valence electrons. The molecule has 0 aliphatic rings. The number of hydrogen-bond acceptors (Lipinski definition) is 3. The lowest BCUT2D eigenvalue weighted by Crippen LogP contribution is -1.95. The van der Waals surface area contributed by atoms with E-state index in [9.17, 15) is 4.79 Å². The van der Waals surface area contributed by atoms with Gasteiger partial charge in [0, 0.05) is 11.9 Å². The van der Waals surface area contributed by atoms with Crippen LogP contribution in [-0.2, 0) is 0 Å². The van der Waals surface area contributed by atoms with Crippen molar-refractivity contribution in [2.75, 3.05) is 5.73 Å². The Hall–Kier alpha value is -1.81. The van der Waals surface area contributed by atoms with Crippen LogP contribution in [0.3, 0.4) is 0 Å². The predicted octanol–water partition coefficient (Wildman–Crippen LogP) is 1.83. The largest absolute Gasteiger partial charge is 0.399 e. The van der Waals surface area contributed by atoms with Crippen molar-refractivity contribution in [2.24, 2.45) is 0 Å². The Morgan fingerprint density at radius 2 is 2.27 bits per heavy atom. The molecule has 0 saturated heterocycles. The number of hydrogen-bond donors (Lipinski definition) is 1. The van der Waals surface area contributed by atoms with Crippen molar-refractivity contribution in [1.82, 2.24) is 9.78 Å². The van der Waals surface area contributed by atoms with E-state index >= 15 is 0 Å². The van der Waals surface area contributed by atoms with E-state index in [0.29, 0.717) is 11.3 Å². The number of nitrogen functional groups attached to an aromatic ring is 1. The van der Waals surface area contributed by atoms with E-state index < -0.39 is 5.24 Å². The molecule has 2 rings (SSSR count). The lowest BCUT2D eigenvalue weighted by molar-refractivity contribution is 0.108. The van der Waals surface area contributed by atoms with E-state index in [0.717, 1.165) is 5.69 Å². The molecule has 0 amide bonds. The lowest BCUT2D eigenvalue weighted by atomic mass is 10.3. The number of nitrogens with zero attached hydrogens (tertiary/aromatic N) is 2. The summed E-state index contributed by atoms with van der Waals surface area (Å²) in [6.45, 7) is 0. The summed E-state index contributed by atoms with van der Waals surface area (Å²) in [7, 11) is 0. The van der Waals surface area contributed by atoms with Gasteiger partial charge in [-0.2, -0.15) is 5.10 Å². The molecule has 0 bridgehead atoms.